The van der Waals surface area contributed by atoms with E-state index < -0.39 is 0 Å². The zero-order chi connectivity index (χ0) is 10.3. The molecule has 0 bridgehead atoms. The van der Waals surface area contributed by atoms with Crippen molar-refractivity contribution in [2.75, 3.05) is 0 Å². The largest absolute Gasteiger partial charge is 0.298 e. The molecule has 0 amide bonds. The van der Waals surface area contributed by atoms with Crippen LogP contribution in [0, 0.1) is 0 Å². The van der Waals surface area contributed by atoms with Gasteiger partial charge in [0.1, 0.15) is 0 Å². The average molecular weight is 203 g/mol. The smallest absolute Gasteiger partial charge is 0.153 e. The molecule has 15 heavy (non-hydrogen) atoms. The summed E-state index contributed by atoms with van der Waals surface area (Å²) in [4.78, 5) is 11.8. The van der Waals surface area contributed by atoms with Gasteiger partial charge in [0.25, 0.3) is 0 Å². The van der Waals surface area contributed by atoms with Crippen molar-refractivity contribution in [2.24, 2.45) is 0 Å². The molecule has 1 heterocycles. The third-order valence-corrected chi connectivity index (χ3v) is 3.78. The summed E-state index contributed by atoms with van der Waals surface area (Å²) in [5.41, 5.74) is 2.76. The summed E-state index contributed by atoms with van der Waals surface area (Å²) < 4.78 is 0. The van der Waals surface area contributed by atoms with Crippen LogP contribution in [0.1, 0.15) is 38.5 Å². The van der Waals surface area contributed by atoms with E-state index in [2.05, 4.69) is 17.5 Å². The number of allylic oxidation sites excluding steroid dienone is 1. The predicted octanol–water partition coefficient (Wildman–Crippen LogP) is 2.12. The molecule has 2 atom stereocenters. The molecule has 0 radical (unpaired) electrons. The fourth-order valence-electron chi connectivity index (χ4n) is 2.97. The van der Waals surface area contributed by atoms with Crippen molar-refractivity contribution in [3.63, 3.8) is 0 Å². The van der Waals surface area contributed by atoms with E-state index in [1.807, 2.05) is 0 Å². The van der Waals surface area contributed by atoms with Crippen LogP contribution in [-0.4, -0.2) is 17.9 Å². The highest BCUT2D eigenvalue weighted by molar-refractivity contribution is 5.88. The third kappa shape index (κ3) is 1.57. The van der Waals surface area contributed by atoms with Crippen LogP contribution < -0.4 is 5.32 Å². The average Bonchev–Trinajstić information content (AvgIpc) is 2.27. The molecule has 1 N–H and O–H groups in total. The molecule has 2 nitrogen and oxygen atoms in total. The second-order valence-electron chi connectivity index (χ2n) is 4.83. The zero-order valence-electron chi connectivity index (χ0n) is 8.96. The van der Waals surface area contributed by atoms with Gasteiger partial charge in [0, 0.05) is 12.5 Å². The van der Waals surface area contributed by atoms with E-state index >= 15 is 0 Å². The lowest BCUT2D eigenvalue weighted by atomic mass is 9.80. The fraction of sp³-hybridized carbons (Fsp3) is 0.615. The van der Waals surface area contributed by atoms with Gasteiger partial charge >= 0.3 is 0 Å². The van der Waals surface area contributed by atoms with Gasteiger partial charge in [0.2, 0.25) is 0 Å². The Bertz CT molecular complexity index is 354. The van der Waals surface area contributed by atoms with Crippen molar-refractivity contribution in [1.29, 1.82) is 0 Å². The first-order valence-corrected chi connectivity index (χ1v) is 6.04. The lowest BCUT2D eigenvalue weighted by Gasteiger charge is -2.36. The maximum Gasteiger partial charge on any atom is 0.153 e. The number of rotatable bonds is 0. The standard InChI is InChI=1S/C13H17NO/c15-12-7-3-5-10-8-9-4-1-2-6-11(9)14-13(10)12/h4,8,11,13-14H,1-3,5-7H2. The Labute approximate surface area is 90.4 Å². The minimum Gasteiger partial charge on any atom is -0.298 e. The van der Waals surface area contributed by atoms with Crippen molar-refractivity contribution < 1.29 is 4.79 Å². The summed E-state index contributed by atoms with van der Waals surface area (Å²) in [5.74, 6) is 0.400. The van der Waals surface area contributed by atoms with Crippen molar-refractivity contribution in [1.82, 2.24) is 5.32 Å². The van der Waals surface area contributed by atoms with Gasteiger partial charge in [-0.2, -0.15) is 0 Å². The second kappa shape index (κ2) is 3.60. The van der Waals surface area contributed by atoms with E-state index in [-0.39, 0.29) is 6.04 Å². The van der Waals surface area contributed by atoms with Gasteiger partial charge in [-0.15, -0.1) is 0 Å². The fourth-order valence-corrected chi connectivity index (χ4v) is 2.97. The maximum absolute atomic E-state index is 11.8. The monoisotopic (exact) mass is 203 g/mol. The third-order valence-electron chi connectivity index (χ3n) is 3.78. The van der Waals surface area contributed by atoms with E-state index in [0.29, 0.717) is 11.8 Å². The molecule has 1 aliphatic heterocycles. The van der Waals surface area contributed by atoms with Crippen LogP contribution in [0.25, 0.3) is 0 Å². The summed E-state index contributed by atoms with van der Waals surface area (Å²) in [7, 11) is 0. The molecule has 0 saturated heterocycles. The molecule has 3 aliphatic rings. The molecule has 80 valence electrons. The van der Waals surface area contributed by atoms with Gasteiger partial charge in [0.05, 0.1) is 6.04 Å². The van der Waals surface area contributed by atoms with Crippen LogP contribution >= 0.6 is 0 Å². The maximum atomic E-state index is 11.8. The SMILES string of the molecule is O=C1CCCC2=CC3=CCCCC3NC12. The van der Waals surface area contributed by atoms with Crippen LogP contribution in [-0.2, 0) is 4.79 Å². The number of hydrogen-bond donors (Lipinski definition) is 1. The highest BCUT2D eigenvalue weighted by Gasteiger charge is 2.33. The number of carbonyl (C=O) groups excluding carboxylic acids is 1. The molecule has 2 unspecified atom stereocenters. The first kappa shape index (κ1) is 9.34. The van der Waals surface area contributed by atoms with E-state index in [9.17, 15) is 4.79 Å². The van der Waals surface area contributed by atoms with E-state index in [0.717, 1.165) is 19.3 Å². The Morgan fingerprint density at radius 3 is 3.13 bits per heavy atom. The molecular formula is C13H17NO. The molecule has 3 rings (SSSR count). The van der Waals surface area contributed by atoms with Gasteiger partial charge in [-0.1, -0.05) is 12.2 Å². The summed E-state index contributed by atoms with van der Waals surface area (Å²) in [6.07, 6.45) is 11.2. The summed E-state index contributed by atoms with van der Waals surface area (Å²) >= 11 is 0. The zero-order valence-corrected chi connectivity index (χ0v) is 8.96. The van der Waals surface area contributed by atoms with E-state index in [1.54, 1.807) is 0 Å². The molecule has 2 heteroatoms. The van der Waals surface area contributed by atoms with Gasteiger partial charge in [-0.3, -0.25) is 10.1 Å². The number of nitrogens with one attached hydrogen (secondary N) is 1. The number of hydrogen-bond acceptors (Lipinski definition) is 2. The molecule has 0 spiro atoms. The summed E-state index contributed by atoms with van der Waals surface area (Å²) in [5, 5.41) is 3.52. The second-order valence-corrected chi connectivity index (χ2v) is 4.83. The lowest BCUT2D eigenvalue weighted by Crippen LogP contribution is -2.50. The van der Waals surface area contributed by atoms with Crippen molar-refractivity contribution >= 4 is 5.78 Å². The van der Waals surface area contributed by atoms with Gasteiger partial charge in [-0.25, -0.2) is 0 Å². The number of Topliss-reactive ketones (excluding diaryl/α,β-unsaturated/α-hetero) is 1. The number of carbonyl (C=O) groups is 1. The highest BCUT2D eigenvalue weighted by Crippen LogP contribution is 2.31. The van der Waals surface area contributed by atoms with Crippen LogP contribution in [0.4, 0.5) is 0 Å². The summed E-state index contributed by atoms with van der Waals surface area (Å²) in [6, 6.07) is 0.508. The van der Waals surface area contributed by atoms with Crippen molar-refractivity contribution in [3.8, 4) is 0 Å². The Balaban J connectivity index is 1.94. The van der Waals surface area contributed by atoms with Crippen LogP contribution in [0.5, 0.6) is 0 Å². The molecular weight excluding hydrogens is 186 g/mol. The first-order valence-electron chi connectivity index (χ1n) is 6.04. The van der Waals surface area contributed by atoms with Gasteiger partial charge in [-0.05, 0) is 43.3 Å². The molecule has 1 fully saturated rings. The normalized spacial score (nSPS) is 35.1. The van der Waals surface area contributed by atoms with Crippen LogP contribution in [0.15, 0.2) is 23.3 Å². The minimum atomic E-state index is 0.0546. The quantitative estimate of drug-likeness (QED) is 0.653. The number of ketones is 1. The molecule has 0 aromatic rings. The van der Waals surface area contributed by atoms with Gasteiger partial charge in [0.15, 0.2) is 5.78 Å². The molecule has 1 saturated carbocycles. The van der Waals surface area contributed by atoms with Crippen LogP contribution in [0.3, 0.4) is 0 Å². The van der Waals surface area contributed by atoms with Crippen molar-refractivity contribution in [3.05, 3.63) is 23.3 Å². The molecule has 0 aromatic heterocycles. The van der Waals surface area contributed by atoms with Crippen LogP contribution in [0.2, 0.25) is 0 Å². The topological polar surface area (TPSA) is 29.1 Å². The van der Waals surface area contributed by atoms with Crippen molar-refractivity contribution in [2.45, 2.75) is 50.6 Å². The Kier molecular flexibility index (Phi) is 2.24. The molecule has 0 aromatic carbocycles. The lowest BCUT2D eigenvalue weighted by molar-refractivity contribution is -0.121. The van der Waals surface area contributed by atoms with Gasteiger partial charge < -0.3 is 0 Å². The Morgan fingerprint density at radius 2 is 2.20 bits per heavy atom. The minimum absolute atomic E-state index is 0.0546. The Morgan fingerprint density at radius 1 is 1.27 bits per heavy atom. The Hall–Kier alpha value is -0.890. The highest BCUT2D eigenvalue weighted by atomic mass is 16.1. The predicted molar refractivity (Wildman–Crippen MR) is 59.6 cm³/mol. The molecule has 2 aliphatic carbocycles. The van der Waals surface area contributed by atoms with E-state index in [4.69, 9.17) is 0 Å². The van der Waals surface area contributed by atoms with E-state index in [1.165, 1.54) is 30.4 Å². The first-order chi connectivity index (χ1) is 7.34. The summed E-state index contributed by atoms with van der Waals surface area (Å²) in [6.45, 7) is 0. The number of fused-ring (bicyclic) bond motifs is 2.